The molecule has 10 aromatic heterocycles. The molecule has 0 atom stereocenters. The number of terminal acetylenes is 2. The van der Waals surface area contributed by atoms with Gasteiger partial charge in [-0.05, 0) is 89.4 Å². The largest absolute Gasteiger partial charge is 0.508 e. The van der Waals surface area contributed by atoms with E-state index < -0.39 is 72.5 Å². The molecule has 0 spiro atoms. The first-order chi connectivity index (χ1) is 58.3. The number of aromatic nitrogens is 20. The second kappa shape index (κ2) is 46.9. The number of halogens is 3. The van der Waals surface area contributed by atoms with Crippen molar-refractivity contribution in [3.05, 3.63) is 196 Å². The summed E-state index contributed by atoms with van der Waals surface area (Å²) >= 11 is 17.0. The van der Waals surface area contributed by atoms with E-state index in [2.05, 4.69) is 125 Å². The predicted octanol–water partition coefficient (Wildman–Crippen LogP) is 0.436. The van der Waals surface area contributed by atoms with Gasteiger partial charge in [0.15, 0.2) is 70.4 Å². The van der Waals surface area contributed by atoms with Crippen molar-refractivity contribution in [3.8, 4) is 65.6 Å². The molecule has 3 aromatic carbocycles. The quantitative estimate of drug-likeness (QED) is 0.0205. The number of aromatic hydroxyl groups is 3. The summed E-state index contributed by atoms with van der Waals surface area (Å²) in [5, 5.41) is 73.9. The number of sulfone groups is 1. The van der Waals surface area contributed by atoms with Crippen molar-refractivity contribution in [1.29, 1.82) is 0 Å². The zero-order valence-electron chi connectivity index (χ0n) is 67.2. The Hall–Kier alpha value is -11.2. The number of hydrogen-bond donors (Lipinski definition) is 11. The van der Waals surface area contributed by atoms with Crippen LogP contribution in [-0.4, -0.2) is 210 Å². The summed E-state index contributed by atoms with van der Waals surface area (Å²) in [5.41, 5.74) is -1.42. The van der Waals surface area contributed by atoms with Gasteiger partial charge in [0, 0.05) is 108 Å². The topological polar surface area (TPSA) is 530 Å². The lowest BCUT2D eigenvalue weighted by molar-refractivity contribution is 0.319. The number of rotatable bonds is 16. The van der Waals surface area contributed by atoms with Crippen LogP contribution < -0.4 is 56.2 Å². The van der Waals surface area contributed by atoms with Crippen molar-refractivity contribution < 1.29 is 49.3 Å². The Kier molecular flexibility index (Phi) is 38.3. The number of phenolic OH excluding ortho intramolecular Hbond substituents is 3. The molecule has 40 nitrogen and oxygen atoms in total. The molecule has 0 aliphatic carbocycles. The fraction of sp³-hybridized carbons (Fsp3) is 0.320. The minimum atomic E-state index is -3.96. The number of hydrogen-bond acceptors (Lipinski definition) is 28. The number of H-pyrrole nitrogens is 3. The molecule has 11 N–H and O–H groups in total. The lowest BCUT2D eigenvalue weighted by Crippen LogP contribution is -2.38. The van der Waals surface area contributed by atoms with Crippen LogP contribution in [0.5, 0.6) is 17.2 Å². The van der Waals surface area contributed by atoms with E-state index in [0.717, 1.165) is 35.5 Å². The number of fused-ring (bicyclic) bond motifs is 5. The zero-order valence-corrected chi connectivity index (χ0v) is 76.6. The zero-order chi connectivity index (χ0) is 91.6. The van der Waals surface area contributed by atoms with E-state index in [-0.39, 0.29) is 96.8 Å². The third kappa shape index (κ3) is 24.8. The highest BCUT2D eigenvalue weighted by Crippen LogP contribution is 2.23. The minimum absolute atomic E-state index is 0.00302. The number of phenols is 3. The second-order valence-electron chi connectivity index (χ2n) is 24.9. The molecule has 123 heavy (non-hydrogen) atoms. The maximum atomic E-state index is 12.6. The smallest absolute Gasteiger partial charge is 0.333 e. The summed E-state index contributed by atoms with van der Waals surface area (Å²) in [6.45, 7) is -0.425. The van der Waals surface area contributed by atoms with Crippen LogP contribution in [0.25, 0.3) is 55.8 Å². The van der Waals surface area contributed by atoms with E-state index in [0.29, 0.717) is 92.7 Å². The Bertz CT molecular complexity index is 7110. The molecule has 0 saturated carbocycles. The molecule has 10 heterocycles. The lowest BCUT2D eigenvalue weighted by atomic mass is 10.2. The number of alkyl halides is 2. The Morgan fingerprint density at radius 2 is 0.829 bits per heavy atom. The first kappa shape index (κ1) is 101. The monoisotopic (exact) mass is 2030 g/mol. The fourth-order valence-electron chi connectivity index (χ4n) is 10.7. The van der Waals surface area contributed by atoms with Gasteiger partial charge < -0.3 is 68.7 Å². The molecule has 13 rings (SSSR count). The normalized spacial score (nSPS) is 10.6. The molecule has 0 amide bonds. The standard InChI is InChI=1S/C18H18N4O6S.C18H18N4O4S.C12H14N4O3S.C9H12N4O3S.C7H8N4O2S.C6H5IO.C3H3Br.C2H5BrO/c1-20-14-15(19-17(20)29(27,28)10-9-23)22(18(26)21(2)16(14)25)8-4-6-12-5-3-7-13(24)11-12;1-20-14-15(19-17(20)27-10-9-23)22(18(26)21(2)16(14)25)8-4-6-12-5-3-7-13(24)11-12;1-4-5-16-9-8(10(18)15(3)12(16)19)14(2)11(13-9)20-7-6-17;1-12-5-6(11-9(12)17-4-3-14)10-8(16)13(2)7(5)15;1-10-3-4(9-7(10)14)8-6(13)11(2)5(3)12;7-5-2-1-3-6(8)4-5;1-2-3-4;3-1-2-4/h3,5,7,11,23-24H,8-10H2,1-2H3;3,5,7,11,23-24H,8-10H2,1-2H3;1,17H,5-7H2,2-3H3;14H,3-4H2,1-2H3,(H,10,16);1-2H3,(H,8,13)(H,9,14);1-4,8H;1H,3H2;4H,1-2H2. The van der Waals surface area contributed by atoms with Crippen molar-refractivity contribution in [2.75, 3.05) is 66.7 Å². The Labute approximate surface area is 744 Å². The highest BCUT2D eigenvalue weighted by molar-refractivity contribution is 14.1. The van der Waals surface area contributed by atoms with Crippen LogP contribution in [0.2, 0.25) is 0 Å². The summed E-state index contributed by atoms with van der Waals surface area (Å²) in [5.74, 6) is 17.4. The summed E-state index contributed by atoms with van der Waals surface area (Å²) in [7, 11) is 11.1. The molecular formula is C75H83Br2IN20O20S5. The average Bonchev–Trinajstić information content (AvgIpc) is 1.61. The van der Waals surface area contributed by atoms with Crippen molar-refractivity contribution >= 4 is 168 Å². The highest BCUT2D eigenvalue weighted by atomic mass is 127. The van der Waals surface area contributed by atoms with Crippen LogP contribution in [0, 0.1) is 56.7 Å². The van der Waals surface area contributed by atoms with E-state index in [4.69, 9.17) is 55.7 Å². The van der Waals surface area contributed by atoms with E-state index >= 15 is 0 Å². The molecule has 0 fully saturated rings. The average molecular weight is 2030 g/mol. The summed E-state index contributed by atoms with van der Waals surface area (Å²) in [4.78, 5) is 145. The van der Waals surface area contributed by atoms with Crippen LogP contribution >= 0.6 is 102 Å². The molecule has 0 aliphatic heterocycles. The molecule has 0 bridgehead atoms. The molecule has 13 aromatic rings. The molecule has 48 heteroatoms. The van der Waals surface area contributed by atoms with Crippen LogP contribution in [-0.2, 0) is 99.9 Å². The van der Waals surface area contributed by atoms with Gasteiger partial charge in [0.05, 0.1) is 63.8 Å². The number of nitrogens with one attached hydrogen (secondary N) is 3. The summed E-state index contributed by atoms with van der Waals surface area (Å²) in [6, 6.07) is 19.8. The van der Waals surface area contributed by atoms with Gasteiger partial charge >= 0.3 is 28.4 Å². The van der Waals surface area contributed by atoms with Crippen molar-refractivity contribution in [1.82, 2.24) is 94.3 Å². The van der Waals surface area contributed by atoms with E-state index in [1.54, 1.807) is 84.4 Å². The van der Waals surface area contributed by atoms with Crippen LogP contribution in [0.3, 0.4) is 0 Å². The molecule has 0 saturated heterocycles. The second-order valence-corrected chi connectivity index (χ2v) is 33.1. The predicted molar refractivity (Wildman–Crippen MR) is 487 cm³/mol. The number of aliphatic hydroxyl groups excluding tert-OH is 5. The van der Waals surface area contributed by atoms with Gasteiger partial charge in [0.2, 0.25) is 15.0 Å². The Morgan fingerprint density at radius 3 is 1.21 bits per heavy atom. The third-order valence-electron chi connectivity index (χ3n) is 16.6. The van der Waals surface area contributed by atoms with Gasteiger partial charge in [0.1, 0.15) is 22.9 Å². The maximum absolute atomic E-state index is 12.6. The van der Waals surface area contributed by atoms with Gasteiger partial charge in [-0.1, -0.05) is 121 Å². The number of aromatic amines is 3. The van der Waals surface area contributed by atoms with E-state index in [1.165, 1.54) is 109 Å². The number of nitrogens with zero attached hydrogens (tertiary/aromatic N) is 17. The van der Waals surface area contributed by atoms with E-state index in [9.17, 15) is 66.6 Å². The third-order valence-corrected chi connectivity index (χ3v) is 23.0. The number of thioether (sulfide) groups is 3. The van der Waals surface area contributed by atoms with Gasteiger partial charge in [-0.15, -0.1) is 12.8 Å². The SMILES string of the molecule is C#CCBr.C#CCn1c(=O)n(C)c(=O)c2c1nc(SCCO)n2C.Cn1c(=O)[nH]c2[nH]c(=S)n(C)c2c1=O.Cn1c(=O)[nH]c2nc(SCCO)n(C)c2c1=O.Cn1c(=O)c2c(nc(S(=O)(=O)CCO)n2C)n(CC#Cc2cccc(O)c2)c1=O.Cn1c(=O)c2c(nc(SCCO)n2C)n(CC#Cc2cccc(O)c2)c1=O.OCCBr.Oc1cccc(I)c1. The van der Waals surface area contributed by atoms with Crippen molar-refractivity contribution in [2.24, 2.45) is 70.5 Å². The van der Waals surface area contributed by atoms with Gasteiger partial charge in [-0.2, -0.15) is 4.98 Å². The maximum Gasteiger partial charge on any atom is 0.333 e. The van der Waals surface area contributed by atoms with Crippen molar-refractivity contribution in [2.45, 2.75) is 40.3 Å². The molecule has 0 radical (unpaired) electrons. The molecular weight excluding hydrogens is 1950 g/mol. The minimum Gasteiger partial charge on any atom is -0.508 e. The number of aliphatic hydroxyl groups is 5. The number of aryl methyl sites for hydroxylation is 5. The Balaban J connectivity index is 0.000000231. The van der Waals surface area contributed by atoms with Crippen molar-refractivity contribution in [3.63, 3.8) is 0 Å². The number of imidazole rings is 5. The lowest BCUT2D eigenvalue weighted by Gasteiger charge is -2.05. The highest BCUT2D eigenvalue weighted by Gasteiger charge is 2.27. The van der Waals surface area contributed by atoms with Gasteiger partial charge in [-0.3, -0.25) is 70.5 Å². The molecule has 0 aliphatic rings. The van der Waals surface area contributed by atoms with Gasteiger partial charge in [-0.25, -0.2) is 47.3 Å². The van der Waals surface area contributed by atoms with Crippen LogP contribution in [0.15, 0.2) is 141 Å². The molecule has 654 valence electrons. The Morgan fingerprint density at radius 1 is 0.455 bits per heavy atom. The summed E-state index contributed by atoms with van der Waals surface area (Å²) in [6.07, 6.45) is 9.99. The van der Waals surface area contributed by atoms with Gasteiger partial charge in [0.25, 0.3) is 27.8 Å². The first-order valence-electron chi connectivity index (χ1n) is 35.5. The first-order valence-corrected chi connectivity index (χ1v) is 43.8. The van der Waals surface area contributed by atoms with Crippen LogP contribution in [0.1, 0.15) is 11.1 Å². The molecule has 0 unspecified atom stereocenters. The fourth-order valence-corrected chi connectivity index (χ4v) is 14.7. The van der Waals surface area contributed by atoms with Crippen LogP contribution in [0.4, 0.5) is 0 Å². The number of benzene rings is 3. The summed E-state index contributed by atoms with van der Waals surface area (Å²) < 4.78 is 42.3. The van der Waals surface area contributed by atoms with E-state index in [1.807, 2.05) is 12.1 Å².